The van der Waals surface area contributed by atoms with E-state index in [0.717, 1.165) is 0 Å². The van der Waals surface area contributed by atoms with E-state index < -0.39 is 5.97 Å². The number of carbonyl (C=O) groups is 1. The molecule has 0 spiro atoms. The molecule has 0 aromatic heterocycles. The maximum atomic E-state index is 10.1. The van der Waals surface area contributed by atoms with Crippen LogP contribution < -0.4 is 0 Å². The van der Waals surface area contributed by atoms with Crippen molar-refractivity contribution in [2.45, 2.75) is 0 Å². The van der Waals surface area contributed by atoms with Crippen LogP contribution in [0.25, 0.3) is 0 Å². The SMILES string of the molecule is C#Cc1cccc(C#CC(=O)O)c1. The monoisotopic (exact) mass is 170 g/mol. The highest BCUT2D eigenvalue weighted by molar-refractivity contribution is 5.87. The molecule has 0 aliphatic carbocycles. The summed E-state index contributed by atoms with van der Waals surface area (Å²) in [6.07, 6.45) is 5.16. The average molecular weight is 170 g/mol. The summed E-state index contributed by atoms with van der Waals surface area (Å²) in [5.41, 5.74) is 1.30. The molecule has 1 N–H and O–H groups in total. The third-order valence-electron chi connectivity index (χ3n) is 1.34. The van der Waals surface area contributed by atoms with Crippen LogP contribution in [0.1, 0.15) is 11.1 Å². The Kier molecular flexibility index (Phi) is 2.73. The molecule has 0 atom stereocenters. The zero-order chi connectivity index (χ0) is 9.68. The quantitative estimate of drug-likeness (QED) is 0.592. The summed E-state index contributed by atoms with van der Waals surface area (Å²) < 4.78 is 0. The molecule has 0 saturated heterocycles. The fourth-order valence-corrected chi connectivity index (χ4v) is 0.812. The minimum atomic E-state index is -1.15. The lowest BCUT2D eigenvalue weighted by molar-refractivity contribution is -0.130. The van der Waals surface area contributed by atoms with Crippen LogP contribution in [0.2, 0.25) is 0 Å². The van der Waals surface area contributed by atoms with Crippen LogP contribution >= 0.6 is 0 Å². The van der Waals surface area contributed by atoms with Crippen molar-refractivity contribution in [2.75, 3.05) is 0 Å². The molecule has 62 valence electrons. The molecule has 1 aromatic carbocycles. The van der Waals surface area contributed by atoms with Gasteiger partial charge in [-0.15, -0.1) is 6.42 Å². The van der Waals surface area contributed by atoms with E-state index in [9.17, 15) is 4.79 Å². The number of terminal acetylenes is 1. The van der Waals surface area contributed by atoms with E-state index in [1.807, 2.05) is 5.92 Å². The zero-order valence-corrected chi connectivity index (χ0v) is 6.74. The lowest BCUT2D eigenvalue weighted by atomic mass is 10.1. The smallest absolute Gasteiger partial charge is 0.382 e. The van der Waals surface area contributed by atoms with Crippen molar-refractivity contribution in [1.82, 2.24) is 0 Å². The molecule has 1 aromatic rings. The van der Waals surface area contributed by atoms with Crippen LogP contribution in [0.5, 0.6) is 0 Å². The molecule has 13 heavy (non-hydrogen) atoms. The topological polar surface area (TPSA) is 37.3 Å². The van der Waals surface area contributed by atoms with Gasteiger partial charge in [-0.25, -0.2) is 4.79 Å². The van der Waals surface area contributed by atoms with Gasteiger partial charge in [0.05, 0.1) is 0 Å². The van der Waals surface area contributed by atoms with Gasteiger partial charge in [0.2, 0.25) is 0 Å². The Balaban J connectivity index is 3.00. The highest BCUT2D eigenvalue weighted by Crippen LogP contribution is 2.01. The van der Waals surface area contributed by atoms with Crippen LogP contribution in [0.15, 0.2) is 24.3 Å². The molecule has 0 saturated carbocycles. The number of hydrogen-bond donors (Lipinski definition) is 1. The predicted molar refractivity (Wildman–Crippen MR) is 48.9 cm³/mol. The molecule has 0 unspecified atom stereocenters. The fourth-order valence-electron chi connectivity index (χ4n) is 0.812. The van der Waals surface area contributed by atoms with E-state index in [0.29, 0.717) is 11.1 Å². The number of carboxylic acid groups (broad SMARTS) is 1. The number of carboxylic acids is 1. The van der Waals surface area contributed by atoms with Gasteiger partial charge in [0.15, 0.2) is 0 Å². The normalized spacial score (nSPS) is 7.92. The highest BCUT2D eigenvalue weighted by atomic mass is 16.4. The average Bonchev–Trinajstić information content (AvgIpc) is 2.15. The van der Waals surface area contributed by atoms with Gasteiger partial charge in [-0.05, 0) is 18.2 Å². The summed E-state index contributed by atoms with van der Waals surface area (Å²) in [6, 6.07) is 6.86. The molecular weight excluding hydrogens is 164 g/mol. The molecule has 0 fully saturated rings. The van der Waals surface area contributed by atoms with Crippen molar-refractivity contribution < 1.29 is 9.90 Å². The van der Waals surface area contributed by atoms with E-state index in [2.05, 4.69) is 11.8 Å². The van der Waals surface area contributed by atoms with E-state index in [4.69, 9.17) is 11.5 Å². The van der Waals surface area contributed by atoms with Gasteiger partial charge in [-0.1, -0.05) is 17.9 Å². The summed E-state index contributed by atoms with van der Waals surface area (Å²) in [5, 5.41) is 8.29. The van der Waals surface area contributed by atoms with E-state index in [1.54, 1.807) is 24.3 Å². The standard InChI is InChI=1S/C11H6O2/c1-2-9-4-3-5-10(8-9)6-7-11(12)13/h1,3-5,8H,(H,12,13). The summed E-state index contributed by atoms with van der Waals surface area (Å²) in [7, 11) is 0. The maximum absolute atomic E-state index is 10.1. The summed E-state index contributed by atoms with van der Waals surface area (Å²) >= 11 is 0. The summed E-state index contributed by atoms with van der Waals surface area (Å²) in [4.78, 5) is 10.1. The lowest BCUT2D eigenvalue weighted by Gasteiger charge is -1.90. The first-order chi connectivity index (χ1) is 6.22. The van der Waals surface area contributed by atoms with Crippen molar-refractivity contribution in [3.05, 3.63) is 35.4 Å². The van der Waals surface area contributed by atoms with Gasteiger partial charge in [0.25, 0.3) is 0 Å². The molecule has 0 heterocycles. The highest BCUT2D eigenvalue weighted by Gasteiger charge is 1.89. The van der Waals surface area contributed by atoms with Crippen LogP contribution in [0.3, 0.4) is 0 Å². The molecule has 0 amide bonds. The number of benzene rings is 1. The van der Waals surface area contributed by atoms with Crippen molar-refractivity contribution in [3.63, 3.8) is 0 Å². The zero-order valence-electron chi connectivity index (χ0n) is 6.74. The summed E-state index contributed by atoms with van der Waals surface area (Å²) in [6.45, 7) is 0. The van der Waals surface area contributed by atoms with E-state index in [1.165, 1.54) is 0 Å². The third kappa shape index (κ3) is 2.73. The molecule has 0 bridgehead atoms. The van der Waals surface area contributed by atoms with E-state index in [-0.39, 0.29) is 0 Å². The number of hydrogen-bond acceptors (Lipinski definition) is 1. The minimum absolute atomic E-state index is 0.609. The molecule has 2 nitrogen and oxygen atoms in total. The summed E-state index contributed by atoms with van der Waals surface area (Å²) in [5.74, 6) is 5.78. The predicted octanol–water partition coefficient (Wildman–Crippen LogP) is 1.10. The Bertz CT molecular complexity index is 427. The lowest BCUT2D eigenvalue weighted by Crippen LogP contribution is -1.87. The largest absolute Gasteiger partial charge is 0.472 e. The second-order valence-electron chi connectivity index (χ2n) is 2.28. The third-order valence-corrected chi connectivity index (χ3v) is 1.34. The Morgan fingerprint density at radius 3 is 2.69 bits per heavy atom. The molecule has 0 aliphatic heterocycles. The van der Waals surface area contributed by atoms with Crippen molar-refractivity contribution >= 4 is 5.97 Å². The van der Waals surface area contributed by atoms with Crippen LogP contribution in [-0.2, 0) is 4.79 Å². The first-order valence-electron chi connectivity index (χ1n) is 3.54. The first-order valence-corrected chi connectivity index (χ1v) is 3.54. The van der Waals surface area contributed by atoms with Gasteiger partial charge >= 0.3 is 5.97 Å². The molecule has 0 radical (unpaired) electrons. The van der Waals surface area contributed by atoms with Gasteiger partial charge < -0.3 is 5.11 Å². The fraction of sp³-hybridized carbons (Fsp3) is 0. The van der Waals surface area contributed by atoms with E-state index >= 15 is 0 Å². The van der Waals surface area contributed by atoms with Crippen LogP contribution in [-0.4, -0.2) is 11.1 Å². The minimum Gasteiger partial charge on any atom is -0.472 e. The molecule has 2 heteroatoms. The Labute approximate surface area is 76.2 Å². The second-order valence-corrected chi connectivity index (χ2v) is 2.28. The molecule has 1 rings (SSSR count). The van der Waals surface area contributed by atoms with Crippen molar-refractivity contribution in [3.8, 4) is 24.2 Å². The number of rotatable bonds is 0. The van der Waals surface area contributed by atoms with Crippen molar-refractivity contribution in [2.24, 2.45) is 0 Å². The number of aliphatic carboxylic acids is 1. The van der Waals surface area contributed by atoms with Crippen molar-refractivity contribution in [1.29, 1.82) is 0 Å². The maximum Gasteiger partial charge on any atom is 0.382 e. The molecule has 0 aliphatic rings. The van der Waals surface area contributed by atoms with Crippen LogP contribution in [0, 0.1) is 24.2 Å². The Hall–Kier alpha value is -2.19. The van der Waals surface area contributed by atoms with Crippen LogP contribution in [0.4, 0.5) is 0 Å². The van der Waals surface area contributed by atoms with Gasteiger partial charge in [0, 0.05) is 17.0 Å². The Morgan fingerprint density at radius 1 is 1.38 bits per heavy atom. The molecular formula is C11H6O2. The van der Waals surface area contributed by atoms with Gasteiger partial charge in [0.1, 0.15) is 0 Å². The van der Waals surface area contributed by atoms with Gasteiger partial charge in [-0.3, -0.25) is 0 Å². The second kappa shape index (κ2) is 3.99. The van der Waals surface area contributed by atoms with Gasteiger partial charge in [-0.2, -0.15) is 0 Å². The first kappa shape index (κ1) is 8.90. The Morgan fingerprint density at radius 2 is 2.08 bits per heavy atom.